The number of nitrogens with one attached hydrogen (secondary N) is 1. The predicted molar refractivity (Wildman–Crippen MR) is 61.1 cm³/mol. The molecule has 1 rings (SSSR count). The lowest BCUT2D eigenvalue weighted by Gasteiger charge is -1.95. The Labute approximate surface area is 101 Å². The minimum Gasteiger partial charge on any atom is -0.442 e. The van der Waals surface area contributed by atoms with Gasteiger partial charge in [0.2, 0.25) is 11.8 Å². The average Bonchev–Trinajstić information content (AvgIpc) is 2.43. The molecule has 15 heavy (non-hydrogen) atoms. The smallest absolute Gasteiger partial charge is 0.217 e. The number of carbonyl (C=O) groups is 1. The van der Waals surface area contributed by atoms with E-state index in [1.54, 1.807) is 0 Å². The molecule has 5 nitrogen and oxygen atoms in total. The monoisotopic (exact) mass is 255 g/mol. The van der Waals surface area contributed by atoms with Crippen LogP contribution < -0.4 is 11.1 Å². The fraction of sp³-hybridized carbons (Fsp3) is 0.500. The Morgan fingerprint density at radius 2 is 2.13 bits per heavy atom. The lowest BCUT2D eigenvalue weighted by Crippen LogP contribution is -2.19. The van der Waals surface area contributed by atoms with Crippen molar-refractivity contribution in [2.75, 3.05) is 0 Å². The summed E-state index contributed by atoms with van der Waals surface area (Å²) in [6.07, 6.45) is 0. The number of nitrogens with two attached hydrogens (primary N) is 1. The molecule has 1 aromatic rings. The summed E-state index contributed by atoms with van der Waals surface area (Å²) in [5, 5.41) is 2.59. The van der Waals surface area contributed by atoms with Crippen molar-refractivity contribution in [2.45, 2.75) is 26.9 Å². The zero-order valence-electron chi connectivity index (χ0n) is 8.57. The van der Waals surface area contributed by atoms with Crippen molar-refractivity contribution >= 4 is 30.7 Å². The highest BCUT2D eigenvalue weighted by molar-refractivity contribution is 5.85. The molecule has 0 aliphatic rings. The van der Waals surface area contributed by atoms with Crippen molar-refractivity contribution in [3.05, 3.63) is 17.3 Å². The number of amides is 1. The van der Waals surface area contributed by atoms with Gasteiger partial charge in [-0.15, -0.1) is 24.8 Å². The minimum atomic E-state index is -0.106. The number of rotatable bonds is 3. The molecule has 1 amide bonds. The SMILES string of the molecule is CC(=O)NCc1nc(C)c(CN)o1.Cl.Cl. The second-order valence-corrected chi connectivity index (χ2v) is 2.73. The van der Waals surface area contributed by atoms with E-state index in [2.05, 4.69) is 10.3 Å². The lowest BCUT2D eigenvalue weighted by atomic mass is 10.4. The molecular formula is C8H15Cl2N3O2. The molecule has 0 saturated carbocycles. The predicted octanol–water partition coefficient (Wildman–Crippen LogP) is 0.921. The molecule has 1 aromatic heterocycles. The minimum absolute atomic E-state index is 0. The molecule has 0 spiro atoms. The number of carbonyl (C=O) groups excluding carboxylic acids is 1. The molecule has 0 aliphatic carbocycles. The third-order valence-electron chi connectivity index (χ3n) is 1.61. The number of aryl methyl sites for hydroxylation is 1. The Balaban J connectivity index is 0. The molecule has 0 fully saturated rings. The normalized spacial score (nSPS) is 8.73. The molecule has 0 aliphatic heterocycles. The third-order valence-corrected chi connectivity index (χ3v) is 1.61. The molecule has 0 aromatic carbocycles. The highest BCUT2D eigenvalue weighted by Crippen LogP contribution is 2.08. The van der Waals surface area contributed by atoms with E-state index in [9.17, 15) is 4.79 Å². The van der Waals surface area contributed by atoms with Crippen LogP contribution in [0.5, 0.6) is 0 Å². The largest absolute Gasteiger partial charge is 0.442 e. The van der Waals surface area contributed by atoms with Crippen LogP contribution in [0.25, 0.3) is 0 Å². The van der Waals surface area contributed by atoms with Gasteiger partial charge in [-0.2, -0.15) is 0 Å². The summed E-state index contributed by atoms with van der Waals surface area (Å²) in [6, 6.07) is 0. The summed E-state index contributed by atoms with van der Waals surface area (Å²) in [6.45, 7) is 3.91. The number of halogens is 2. The van der Waals surface area contributed by atoms with Gasteiger partial charge >= 0.3 is 0 Å². The Bertz CT molecular complexity index is 315. The van der Waals surface area contributed by atoms with Crippen LogP contribution in [-0.2, 0) is 17.9 Å². The first-order valence-electron chi connectivity index (χ1n) is 4.03. The second-order valence-electron chi connectivity index (χ2n) is 2.73. The van der Waals surface area contributed by atoms with Gasteiger partial charge in [-0.3, -0.25) is 4.79 Å². The Morgan fingerprint density at radius 3 is 2.53 bits per heavy atom. The number of nitrogens with zero attached hydrogens (tertiary/aromatic N) is 1. The van der Waals surface area contributed by atoms with Crippen LogP contribution in [0.4, 0.5) is 0 Å². The third kappa shape index (κ3) is 5.01. The van der Waals surface area contributed by atoms with Crippen molar-refractivity contribution < 1.29 is 9.21 Å². The van der Waals surface area contributed by atoms with Crippen molar-refractivity contribution in [3.63, 3.8) is 0 Å². The number of hydrogen-bond acceptors (Lipinski definition) is 4. The molecule has 3 N–H and O–H groups in total. The number of hydrogen-bond donors (Lipinski definition) is 2. The molecule has 0 bridgehead atoms. The van der Waals surface area contributed by atoms with Gasteiger partial charge in [0.15, 0.2) is 0 Å². The maximum absolute atomic E-state index is 10.6. The van der Waals surface area contributed by atoms with E-state index < -0.39 is 0 Å². The summed E-state index contributed by atoms with van der Waals surface area (Å²) in [5.74, 6) is 1.05. The van der Waals surface area contributed by atoms with Crippen LogP contribution >= 0.6 is 24.8 Å². The van der Waals surface area contributed by atoms with Gasteiger partial charge in [0.1, 0.15) is 5.76 Å². The van der Waals surface area contributed by atoms with Gasteiger partial charge in [-0.1, -0.05) is 0 Å². The van der Waals surface area contributed by atoms with Gasteiger partial charge in [0, 0.05) is 6.92 Å². The van der Waals surface area contributed by atoms with Crippen LogP contribution in [0, 0.1) is 6.92 Å². The molecule has 0 unspecified atom stereocenters. The lowest BCUT2D eigenvalue weighted by molar-refractivity contribution is -0.119. The average molecular weight is 256 g/mol. The van der Waals surface area contributed by atoms with Crippen molar-refractivity contribution in [1.29, 1.82) is 0 Å². The standard InChI is InChI=1S/C8H13N3O2.2ClH/c1-5-7(3-9)13-8(11-5)4-10-6(2)12;;/h3-4,9H2,1-2H3,(H,10,12);2*1H. The maximum Gasteiger partial charge on any atom is 0.217 e. The van der Waals surface area contributed by atoms with Gasteiger partial charge < -0.3 is 15.5 Å². The van der Waals surface area contributed by atoms with Crippen LogP contribution in [0.15, 0.2) is 4.42 Å². The van der Waals surface area contributed by atoms with Crippen LogP contribution in [0.3, 0.4) is 0 Å². The number of oxazole rings is 1. The number of aromatic nitrogens is 1. The Hall–Kier alpha value is -0.780. The zero-order valence-corrected chi connectivity index (χ0v) is 10.2. The summed E-state index contributed by atoms with van der Waals surface area (Å²) < 4.78 is 5.26. The summed E-state index contributed by atoms with van der Waals surface area (Å²) in [4.78, 5) is 14.7. The van der Waals surface area contributed by atoms with Crippen molar-refractivity contribution in [2.24, 2.45) is 5.73 Å². The van der Waals surface area contributed by atoms with Crippen LogP contribution in [-0.4, -0.2) is 10.9 Å². The van der Waals surface area contributed by atoms with Gasteiger partial charge in [-0.25, -0.2) is 4.98 Å². The maximum atomic E-state index is 10.6. The van der Waals surface area contributed by atoms with Crippen molar-refractivity contribution in [3.8, 4) is 0 Å². The molecule has 0 saturated heterocycles. The first kappa shape index (κ1) is 16.6. The second kappa shape index (κ2) is 7.50. The molecule has 88 valence electrons. The fourth-order valence-corrected chi connectivity index (χ4v) is 0.953. The van der Waals surface area contributed by atoms with Crippen molar-refractivity contribution in [1.82, 2.24) is 10.3 Å². The van der Waals surface area contributed by atoms with Crippen LogP contribution in [0.2, 0.25) is 0 Å². The van der Waals surface area contributed by atoms with E-state index >= 15 is 0 Å². The first-order chi connectivity index (χ1) is 6.13. The Morgan fingerprint density at radius 1 is 1.53 bits per heavy atom. The quantitative estimate of drug-likeness (QED) is 0.842. The van der Waals surface area contributed by atoms with E-state index in [1.807, 2.05) is 6.92 Å². The fourth-order valence-electron chi connectivity index (χ4n) is 0.953. The van der Waals surface area contributed by atoms with E-state index in [0.29, 0.717) is 24.7 Å². The summed E-state index contributed by atoms with van der Waals surface area (Å²) in [7, 11) is 0. The molecule has 7 heteroatoms. The van der Waals surface area contributed by atoms with E-state index in [4.69, 9.17) is 10.2 Å². The molecule has 0 radical (unpaired) electrons. The van der Waals surface area contributed by atoms with E-state index in [-0.39, 0.29) is 30.7 Å². The van der Waals surface area contributed by atoms with Gasteiger partial charge in [-0.05, 0) is 6.92 Å². The highest BCUT2D eigenvalue weighted by Gasteiger charge is 2.07. The van der Waals surface area contributed by atoms with E-state index in [1.165, 1.54) is 6.92 Å². The van der Waals surface area contributed by atoms with E-state index in [0.717, 1.165) is 5.69 Å². The summed E-state index contributed by atoms with van der Waals surface area (Å²) >= 11 is 0. The van der Waals surface area contributed by atoms with Gasteiger partial charge in [0.25, 0.3) is 0 Å². The molecule has 1 heterocycles. The molecule has 0 atom stereocenters. The van der Waals surface area contributed by atoms with Gasteiger partial charge in [0.05, 0.1) is 18.8 Å². The topological polar surface area (TPSA) is 81.2 Å². The highest BCUT2D eigenvalue weighted by atomic mass is 35.5. The summed E-state index contributed by atoms with van der Waals surface area (Å²) in [5.41, 5.74) is 6.18. The zero-order chi connectivity index (χ0) is 9.84. The first-order valence-corrected chi connectivity index (χ1v) is 4.03. The molecular weight excluding hydrogens is 241 g/mol. The van der Waals surface area contributed by atoms with Crippen LogP contribution in [0.1, 0.15) is 24.3 Å². The Kier molecular flexibility index (Phi) is 8.33.